The van der Waals surface area contributed by atoms with Gasteiger partial charge in [0.25, 0.3) is 0 Å². The zero-order chi connectivity index (χ0) is 8.85. The Morgan fingerprint density at radius 3 is 2.36 bits per heavy atom. The second-order valence-electron chi connectivity index (χ2n) is 2.34. The summed E-state index contributed by atoms with van der Waals surface area (Å²) in [6, 6.07) is 0. The van der Waals surface area contributed by atoms with Crippen LogP contribution in [-0.2, 0) is 15.6 Å². The van der Waals surface area contributed by atoms with Crippen LogP contribution >= 0.6 is 0 Å². The molecule has 0 amide bonds. The van der Waals surface area contributed by atoms with Gasteiger partial charge < -0.3 is 4.74 Å². The first kappa shape index (κ1) is 10.9. The summed E-state index contributed by atoms with van der Waals surface area (Å²) in [6.45, 7) is 2.39. The topological polar surface area (TPSA) is 46.6 Å². The van der Waals surface area contributed by atoms with Gasteiger partial charge >= 0.3 is 0 Å². The van der Waals surface area contributed by atoms with Crippen LogP contribution in [0.25, 0.3) is 0 Å². The number of nitrogens with zero attached hydrogens (tertiary/aromatic N) is 1. The molecule has 0 aliphatic rings. The lowest BCUT2D eigenvalue weighted by molar-refractivity contribution is 0.0866. The third kappa shape index (κ3) is 4.34. The van der Waals surface area contributed by atoms with Gasteiger partial charge in [0, 0.05) is 20.7 Å². The molecule has 0 spiro atoms. The average molecular weight is 181 g/mol. The second-order valence-corrected chi connectivity index (χ2v) is 3.50. The Kier molecular flexibility index (Phi) is 5.45. The van der Waals surface area contributed by atoms with Gasteiger partial charge in [-0.3, -0.25) is 0 Å². The smallest absolute Gasteiger partial charge is 0.203 e. The first-order valence-corrected chi connectivity index (χ1v) is 4.63. The number of thiol groups is 1. The largest absolute Gasteiger partial charge is 0.380 e. The minimum atomic E-state index is -2.45. The molecule has 0 saturated heterocycles. The number of rotatable bonds is 5. The van der Waals surface area contributed by atoms with Crippen molar-refractivity contribution >= 4 is 10.9 Å². The van der Waals surface area contributed by atoms with Crippen molar-refractivity contribution in [2.24, 2.45) is 0 Å². The van der Waals surface area contributed by atoms with Crippen molar-refractivity contribution in [3.63, 3.8) is 0 Å². The minimum absolute atomic E-state index is 0.00731. The van der Waals surface area contributed by atoms with Gasteiger partial charge in [0.05, 0.1) is 6.10 Å². The molecule has 4 nitrogen and oxygen atoms in total. The van der Waals surface area contributed by atoms with Gasteiger partial charge in [-0.15, -0.1) is 0 Å². The SMILES string of the molecule is CC[C@@H](CN(C)[SH](=O)=O)OC. The van der Waals surface area contributed by atoms with Gasteiger partial charge in [0.2, 0.25) is 10.9 Å². The van der Waals surface area contributed by atoms with Gasteiger partial charge in [-0.2, -0.15) is 0 Å². The van der Waals surface area contributed by atoms with Crippen LogP contribution in [0.5, 0.6) is 0 Å². The number of methoxy groups -OCH3 is 1. The van der Waals surface area contributed by atoms with Crippen molar-refractivity contribution in [2.45, 2.75) is 19.4 Å². The Bertz CT molecular complexity index is 157. The lowest BCUT2D eigenvalue weighted by atomic mass is 10.3. The molecule has 0 N–H and O–H groups in total. The molecule has 0 rings (SSSR count). The zero-order valence-corrected chi connectivity index (χ0v) is 8.01. The van der Waals surface area contributed by atoms with Crippen molar-refractivity contribution in [1.82, 2.24) is 4.31 Å². The maximum Gasteiger partial charge on any atom is 0.203 e. The molecular formula is C6H15NO3S. The summed E-state index contributed by atoms with van der Waals surface area (Å²) in [5, 5.41) is 0. The van der Waals surface area contributed by atoms with Crippen LogP contribution in [0.4, 0.5) is 0 Å². The maximum absolute atomic E-state index is 10.4. The van der Waals surface area contributed by atoms with Gasteiger partial charge in [0.1, 0.15) is 0 Å². The quantitative estimate of drug-likeness (QED) is 0.601. The van der Waals surface area contributed by atoms with Gasteiger partial charge in [-0.1, -0.05) is 6.92 Å². The van der Waals surface area contributed by atoms with E-state index in [0.29, 0.717) is 6.54 Å². The minimum Gasteiger partial charge on any atom is -0.380 e. The average Bonchev–Trinajstić information content (AvgIpc) is 1.99. The predicted molar refractivity (Wildman–Crippen MR) is 44.0 cm³/mol. The highest BCUT2D eigenvalue weighted by molar-refractivity contribution is 7.69. The molecule has 0 bridgehead atoms. The molecule has 0 aliphatic heterocycles. The molecule has 0 fully saturated rings. The van der Waals surface area contributed by atoms with Crippen LogP contribution in [-0.4, -0.2) is 39.5 Å². The molecule has 0 aromatic carbocycles. The van der Waals surface area contributed by atoms with Crippen LogP contribution in [0, 0.1) is 0 Å². The van der Waals surface area contributed by atoms with Gasteiger partial charge in [-0.05, 0) is 6.42 Å². The lowest BCUT2D eigenvalue weighted by Gasteiger charge is -2.16. The first-order valence-electron chi connectivity index (χ1n) is 3.50. The van der Waals surface area contributed by atoms with Gasteiger partial charge in [0.15, 0.2) is 0 Å². The Hall–Kier alpha value is -0.130. The van der Waals surface area contributed by atoms with Crippen molar-refractivity contribution in [3.05, 3.63) is 0 Å². The number of ether oxygens (including phenoxy) is 1. The molecule has 0 saturated carbocycles. The highest BCUT2D eigenvalue weighted by Gasteiger charge is 2.08. The molecule has 0 aromatic rings. The number of likely N-dealkylation sites (N-methyl/N-ethyl adjacent to an activating group) is 1. The summed E-state index contributed by atoms with van der Waals surface area (Å²) < 4.78 is 27.0. The van der Waals surface area contributed by atoms with Crippen LogP contribution in [0.2, 0.25) is 0 Å². The third-order valence-corrected chi connectivity index (χ3v) is 2.26. The van der Waals surface area contributed by atoms with E-state index in [9.17, 15) is 8.42 Å². The molecule has 68 valence electrons. The molecular weight excluding hydrogens is 166 g/mol. The number of hydrogen-bond acceptors (Lipinski definition) is 3. The van der Waals surface area contributed by atoms with E-state index in [1.165, 1.54) is 11.4 Å². The highest BCUT2D eigenvalue weighted by atomic mass is 32.2. The number of hydrogen-bond donors (Lipinski definition) is 1. The van der Waals surface area contributed by atoms with E-state index in [1.54, 1.807) is 7.11 Å². The summed E-state index contributed by atoms with van der Waals surface area (Å²) >= 11 is 0. The van der Waals surface area contributed by atoms with E-state index in [0.717, 1.165) is 6.42 Å². The Morgan fingerprint density at radius 2 is 2.09 bits per heavy atom. The summed E-state index contributed by atoms with van der Waals surface area (Å²) in [5.41, 5.74) is 0. The summed E-state index contributed by atoms with van der Waals surface area (Å²) in [4.78, 5) is 0. The van der Waals surface area contributed by atoms with Crippen LogP contribution in [0.3, 0.4) is 0 Å². The summed E-state index contributed by atoms with van der Waals surface area (Å²) in [5.74, 6) is 0. The van der Waals surface area contributed by atoms with Crippen molar-refractivity contribution in [1.29, 1.82) is 0 Å². The van der Waals surface area contributed by atoms with Gasteiger partial charge in [-0.25, -0.2) is 12.7 Å². The van der Waals surface area contributed by atoms with E-state index < -0.39 is 10.9 Å². The van der Waals surface area contributed by atoms with E-state index in [2.05, 4.69) is 0 Å². The van der Waals surface area contributed by atoms with E-state index in [-0.39, 0.29) is 6.10 Å². The molecule has 5 heteroatoms. The first-order chi connectivity index (χ1) is 5.11. The maximum atomic E-state index is 10.4. The third-order valence-electron chi connectivity index (χ3n) is 1.54. The molecule has 0 aliphatic carbocycles. The fraction of sp³-hybridized carbons (Fsp3) is 1.00. The Labute approximate surface area is 69.2 Å². The molecule has 11 heavy (non-hydrogen) atoms. The normalized spacial score (nSPS) is 14.3. The molecule has 1 atom stereocenters. The van der Waals surface area contributed by atoms with E-state index in [4.69, 9.17) is 4.74 Å². The fourth-order valence-electron chi connectivity index (χ4n) is 0.732. The molecule has 0 heterocycles. The highest BCUT2D eigenvalue weighted by Crippen LogP contribution is 1.97. The van der Waals surface area contributed by atoms with Crippen LogP contribution in [0.15, 0.2) is 0 Å². The molecule has 0 aromatic heterocycles. The Morgan fingerprint density at radius 1 is 1.55 bits per heavy atom. The second kappa shape index (κ2) is 5.51. The van der Waals surface area contributed by atoms with Crippen molar-refractivity contribution < 1.29 is 13.2 Å². The predicted octanol–water partition coefficient (Wildman–Crippen LogP) is -0.130. The monoisotopic (exact) mass is 181 g/mol. The van der Waals surface area contributed by atoms with Crippen LogP contribution < -0.4 is 0 Å². The zero-order valence-electron chi connectivity index (χ0n) is 7.11. The fourth-order valence-corrected chi connectivity index (χ4v) is 1.05. The van der Waals surface area contributed by atoms with E-state index >= 15 is 0 Å². The van der Waals surface area contributed by atoms with Crippen molar-refractivity contribution in [2.75, 3.05) is 20.7 Å². The molecule has 0 unspecified atom stereocenters. The van der Waals surface area contributed by atoms with E-state index in [1.807, 2.05) is 6.92 Å². The standard InChI is InChI=1S/C6H15NO3S/c1-4-6(10-3)5-7(2)11(8)9/h6,11H,4-5H2,1-3H3/t6-/m0/s1. The van der Waals surface area contributed by atoms with Crippen LogP contribution in [0.1, 0.15) is 13.3 Å². The molecule has 0 radical (unpaired) electrons. The summed E-state index contributed by atoms with van der Waals surface area (Å²) in [6.07, 6.45) is 0.831. The summed E-state index contributed by atoms with van der Waals surface area (Å²) in [7, 11) is 0.666. The Balaban J connectivity index is 3.80. The van der Waals surface area contributed by atoms with Crippen molar-refractivity contribution in [3.8, 4) is 0 Å². The lowest BCUT2D eigenvalue weighted by Crippen LogP contribution is -2.28.